The first-order valence-electron chi connectivity index (χ1n) is 8.18. The Kier molecular flexibility index (Phi) is 4.06. The lowest BCUT2D eigenvalue weighted by molar-refractivity contribution is 0.102. The van der Waals surface area contributed by atoms with E-state index in [0.717, 1.165) is 34.4 Å². The van der Waals surface area contributed by atoms with E-state index in [1.165, 1.54) is 24.2 Å². The summed E-state index contributed by atoms with van der Waals surface area (Å²) < 4.78 is 3.00. The number of carbonyl (C=O) groups is 1. The first-order chi connectivity index (χ1) is 11.6. The minimum absolute atomic E-state index is 0.166. The summed E-state index contributed by atoms with van der Waals surface area (Å²) in [5, 5.41) is 9.04. The predicted molar refractivity (Wildman–Crippen MR) is 99.3 cm³/mol. The van der Waals surface area contributed by atoms with Crippen molar-refractivity contribution in [2.24, 2.45) is 0 Å². The van der Waals surface area contributed by atoms with Crippen molar-refractivity contribution in [2.75, 3.05) is 5.32 Å². The molecule has 4 rings (SSSR count). The number of aryl methyl sites for hydroxylation is 1. The lowest BCUT2D eigenvalue weighted by Crippen LogP contribution is -2.17. The monoisotopic (exact) mass is 359 g/mol. The van der Waals surface area contributed by atoms with Crippen molar-refractivity contribution in [3.63, 3.8) is 0 Å². The highest BCUT2D eigenvalue weighted by Crippen LogP contribution is 2.36. The molecule has 0 atom stereocenters. The topological polar surface area (TPSA) is 46.9 Å². The van der Waals surface area contributed by atoms with Crippen LogP contribution in [-0.2, 0) is 0 Å². The molecule has 1 fully saturated rings. The quantitative estimate of drug-likeness (QED) is 0.678. The van der Waals surface area contributed by atoms with E-state index in [1.807, 2.05) is 41.9 Å². The Morgan fingerprint density at radius 3 is 2.83 bits per heavy atom. The highest BCUT2D eigenvalue weighted by atomic mass is 35.5. The van der Waals surface area contributed by atoms with Gasteiger partial charge in [-0.3, -0.25) is 4.79 Å². The fraction of sp³-hybridized carbons (Fsp3) is 0.333. The van der Waals surface area contributed by atoms with E-state index in [4.69, 9.17) is 11.6 Å². The number of halogens is 1. The number of benzene rings is 1. The highest BCUT2D eigenvalue weighted by molar-refractivity contribution is 7.21. The van der Waals surface area contributed by atoms with Gasteiger partial charge in [0.05, 0.1) is 16.8 Å². The zero-order valence-corrected chi connectivity index (χ0v) is 15.0. The van der Waals surface area contributed by atoms with Crippen LogP contribution in [0.4, 0.5) is 5.82 Å². The van der Waals surface area contributed by atoms with Gasteiger partial charge in [0, 0.05) is 16.2 Å². The average molecular weight is 360 g/mol. The van der Waals surface area contributed by atoms with Gasteiger partial charge in [0.1, 0.15) is 10.7 Å². The van der Waals surface area contributed by atoms with Crippen molar-refractivity contribution in [1.29, 1.82) is 0 Å². The second kappa shape index (κ2) is 6.22. The summed E-state index contributed by atoms with van der Waals surface area (Å²) in [5.41, 5.74) is 0.916. The van der Waals surface area contributed by atoms with Crippen molar-refractivity contribution >= 4 is 44.7 Å². The number of rotatable bonds is 3. The molecule has 1 aromatic carbocycles. The Hall–Kier alpha value is -1.85. The van der Waals surface area contributed by atoms with Crippen LogP contribution in [0.5, 0.6) is 0 Å². The molecule has 0 spiro atoms. The predicted octanol–water partition coefficient (Wildman–Crippen LogP) is 5.43. The molecule has 3 aromatic rings. The van der Waals surface area contributed by atoms with Crippen molar-refractivity contribution in [3.05, 3.63) is 45.9 Å². The number of nitrogens with one attached hydrogen (secondary N) is 1. The molecule has 1 N–H and O–H groups in total. The fourth-order valence-electron chi connectivity index (χ4n) is 3.37. The Labute approximate surface area is 149 Å². The van der Waals surface area contributed by atoms with Crippen molar-refractivity contribution in [3.8, 4) is 0 Å². The van der Waals surface area contributed by atoms with Gasteiger partial charge in [-0.15, -0.1) is 11.3 Å². The lowest BCUT2D eigenvalue weighted by Gasteiger charge is -2.14. The third kappa shape index (κ3) is 2.72. The van der Waals surface area contributed by atoms with Crippen LogP contribution in [0.3, 0.4) is 0 Å². The molecular formula is C18H18ClN3OS. The minimum atomic E-state index is -0.166. The van der Waals surface area contributed by atoms with E-state index in [1.54, 1.807) is 0 Å². The first-order valence-corrected chi connectivity index (χ1v) is 9.37. The van der Waals surface area contributed by atoms with Crippen molar-refractivity contribution in [1.82, 2.24) is 9.78 Å². The number of thiophene rings is 1. The van der Waals surface area contributed by atoms with Crippen molar-refractivity contribution < 1.29 is 4.79 Å². The van der Waals surface area contributed by atoms with Crippen LogP contribution in [0.25, 0.3) is 10.1 Å². The number of carbonyl (C=O) groups excluding carboxylic acids is 1. The Morgan fingerprint density at radius 2 is 2.08 bits per heavy atom. The molecule has 2 aromatic heterocycles. The third-order valence-corrected chi connectivity index (χ3v) is 6.19. The number of fused-ring (bicyclic) bond motifs is 1. The molecule has 0 radical (unpaired) electrons. The normalized spacial score (nSPS) is 15.2. The summed E-state index contributed by atoms with van der Waals surface area (Å²) in [5.74, 6) is 0.596. The second-order valence-corrected chi connectivity index (χ2v) is 7.68. The SMILES string of the molecule is Cc1cc(NC(=O)c2sc3ccccc3c2Cl)n(C2CCCC2)n1. The van der Waals surface area contributed by atoms with Gasteiger partial charge in [-0.2, -0.15) is 5.10 Å². The van der Waals surface area contributed by atoms with E-state index in [2.05, 4.69) is 10.4 Å². The number of nitrogens with zero attached hydrogens (tertiary/aromatic N) is 2. The molecule has 0 saturated heterocycles. The number of amides is 1. The number of hydrogen-bond donors (Lipinski definition) is 1. The molecule has 2 heterocycles. The molecule has 24 heavy (non-hydrogen) atoms. The zero-order chi connectivity index (χ0) is 16.7. The van der Waals surface area contributed by atoms with E-state index < -0.39 is 0 Å². The minimum Gasteiger partial charge on any atom is -0.306 e. The summed E-state index contributed by atoms with van der Waals surface area (Å²) in [6.07, 6.45) is 4.68. The molecule has 0 aliphatic heterocycles. The largest absolute Gasteiger partial charge is 0.306 e. The summed E-state index contributed by atoms with van der Waals surface area (Å²) in [6, 6.07) is 10.1. The summed E-state index contributed by atoms with van der Waals surface area (Å²) in [6.45, 7) is 1.95. The van der Waals surface area contributed by atoms with Crippen LogP contribution in [0.2, 0.25) is 5.02 Å². The van der Waals surface area contributed by atoms with E-state index in [0.29, 0.717) is 15.9 Å². The summed E-state index contributed by atoms with van der Waals surface area (Å²) in [7, 11) is 0. The molecule has 1 amide bonds. The Morgan fingerprint density at radius 1 is 1.33 bits per heavy atom. The van der Waals surface area contributed by atoms with Gasteiger partial charge in [0.2, 0.25) is 0 Å². The molecular weight excluding hydrogens is 342 g/mol. The molecule has 4 nitrogen and oxygen atoms in total. The van der Waals surface area contributed by atoms with Gasteiger partial charge in [0.25, 0.3) is 5.91 Å². The average Bonchev–Trinajstić information content (AvgIpc) is 3.27. The maximum Gasteiger partial charge on any atom is 0.268 e. The Balaban J connectivity index is 1.65. The van der Waals surface area contributed by atoms with E-state index in [9.17, 15) is 4.79 Å². The number of aromatic nitrogens is 2. The lowest BCUT2D eigenvalue weighted by atomic mass is 10.2. The molecule has 1 saturated carbocycles. The Bertz CT molecular complexity index is 908. The van der Waals surface area contributed by atoms with Crippen LogP contribution in [0, 0.1) is 6.92 Å². The number of hydrogen-bond acceptors (Lipinski definition) is 3. The first kappa shape index (κ1) is 15.7. The third-order valence-electron chi connectivity index (χ3n) is 4.51. The fourth-order valence-corrected chi connectivity index (χ4v) is 4.78. The smallest absolute Gasteiger partial charge is 0.268 e. The van der Waals surface area contributed by atoms with Gasteiger partial charge in [-0.25, -0.2) is 4.68 Å². The summed E-state index contributed by atoms with van der Waals surface area (Å²) >= 11 is 7.84. The van der Waals surface area contributed by atoms with Crippen molar-refractivity contribution in [2.45, 2.75) is 38.6 Å². The van der Waals surface area contributed by atoms with E-state index in [-0.39, 0.29) is 5.91 Å². The molecule has 124 valence electrons. The molecule has 0 bridgehead atoms. The van der Waals surface area contributed by atoms with Gasteiger partial charge in [-0.1, -0.05) is 42.6 Å². The highest BCUT2D eigenvalue weighted by Gasteiger charge is 2.23. The van der Waals surface area contributed by atoms with Gasteiger partial charge in [-0.05, 0) is 25.8 Å². The van der Waals surface area contributed by atoms with Gasteiger partial charge < -0.3 is 5.32 Å². The summed E-state index contributed by atoms with van der Waals surface area (Å²) in [4.78, 5) is 13.3. The van der Waals surface area contributed by atoms with Crippen LogP contribution in [0.1, 0.15) is 47.1 Å². The van der Waals surface area contributed by atoms with Crippen LogP contribution in [-0.4, -0.2) is 15.7 Å². The molecule has 0 unspecified atom stereocenters. The standard InChI is InChI=1S/C18H18ClN3OS/c1-11-10-15(22(21-11)12-6-2-3-7-12)20-18(23)17-16(19)13-8-4-5-9-14(13)24-17/h4-5,8-10,12H,2-3,6-7H2,1H3,(H,20,23). The van der Waals surface area contributed by atoms with Gasteiger partial charge >= 0.3 is 0 Å². The maximum absolute atomic E-state index is 12.8. The maximum atomic E-state index is 12.8. The van der Waals surface area contributed by atoms with E-state index >= 15 is 0 Å². The zero-order valence-electron chi connectivity index (χ0n) is 13.4. The van der Waals surface area contributed by atoms with Crippen LogP contribution in [0.15, 0.2) is 30.3 Å². The second-order valence-electron chi connectivity index (χ2n) is 6.25. The van der Waals surface area contributed by atoms with Gasteiger partial charge in [0.15, 0.2) is 0 Å². The molecule has 6 heteroatoms. The molecule has 1 aliphatic carbocycles. The number of anilines is 1. The van der Waals surface area contributed by atoms with Crippen LogP contribution < -0.4 is 5.32 Å². The molecule has 1 aliphatic rings. The van der Waals surface area contributed by atoms with Crippen LogP contribution >= 0.6 is 22.9 Å².